The van der Waals surface area contributed by atoms with Crippen LogP contribution < -0.4 is 0 Å². The van der Waals surface area contributed by atoms with E-state index in [1.807, 2.05) is 13.0 Å². The quantitative estimate of drug-likeness (QED) is 0.757. The molecule has 0 aliphatic heterocycles. The highest BCUT2D eigenvalue weighted by atomic mass is 16.3. The number of Topliss-reactive ketones (excluding diaryl/α,β-unsaturated/α-hetero) is 1. The molecule has 3 heteroatoms. The molecule has 0 saturated carbocycles. The largest absolute Gasteiger partial charge is 0.508 e. The molecule has 2 N–H and O–H groups in total. The van der Waals surface area contributed by atoms with Gasteiger partial charge in [-0.3, -0.25) is 4.79 Å². The first kappa shape index (κ1) is 10.7. The van der Waals surface area contributed by atoms with E-state index in [9.17, 15) is 9.90 Å². The number of hydrogen-bond donors (Lipinski definition) is 2. The Balaban J connectivity index is 2.60. The van der Waals surface area contributed by atoms with Crippen molar-refractivity contribution in [2.45, 2.75) is 19.8 Å². The van der Waals surface area contributed by atoms with Gasteiger partial charge in [-0.25, -0.2) is 0 Å². The van der Waals surface area contributed by atoms with Gasteiger partial charge < -0.3 is 10.2 Å². The molecule has 0 amide bonds. The molecule has 0 unspecified atom stereocenters. The van der Waals surface area contributed by atoms with Crippen LogP contribution in [0.1, 0.15) is 17.5 Å². The van der Waals surface area contributed by atoms with E-state index in [1.165, 1.54) is 0 Å². The summed E-state index contributed by atoms with van der Waals surface area (Å²) in [7, 11) is 0. The number of phenolic OH excluding ortho intramolecular Hbond substituents is 1. The topological polar surface area (TPSA) is 57.5 Å². The first-order valence-corrected chi connectivity index (χ1v) is 4.54. The smallest absolute Gasteiger partial charge is 0.158 e. The van der Waals surface area contributed by atoms with Gasteiger partial charge in [-0.05, 0) is 30.5 Å². The Morgan fingerprint density at radius 3 is 2.71 bits per heavy atom. The van der Waals surface area contributed by atoms with Crippen molar-refractivity contribution in [2.75, 3.05) is 6.61 Å². The zero-order valence-corrected chi connectivity index (χ0v) is 8.16. The zero-order chi connectivity index (χ0) is 10.6. The monoisotopic (exact) mass is 194 g/mol. The van der Waals surface area contributed by atoms with Gasteiger partial charge in [0, 0.05) is 6.42 Å². The van der Waals surface area contributed by atoms with Crippen LogP contribution in [0.3, 0.4) is 0 Å². The van der Waals surface area contributed by atoms with E-state index < -0.39 is 6.61 Å². The predicted octanol–water partition coefficient (Wildman–Crippen LogP) is 1.19. The predicted molar refractivity (Wildman–Crippen MR) is 53.3 cm³/mol. The Kier molecular flexibility index (Phi) is 3.65. The third-order valence-electron chi connectivity index (χ3n) is 2.13. The Morgan fingerprint density at radius 2 is 2.14 bits per heavy atom. The second-order valence-electron chi connectivity index (χ2n) is 3.32. The van der Waals surface area contributed by atoms with E-state index in [1.54, 1.807) is 12.1 Å². The van der Waals surface area contributed by atoms with Crippen LogP contribution in [0.4, 0.5) is 0 Å². The fraction of sp³-hybridized carbons (Fsp3) is 0.364. The van der Waals surface area contributed by atoms with Crippen LogP contribution in [0.25, 0.3) is 0 Å². The standard InChI is InChI=1S/C11H14O3/c1-8-6-9(3-5-11(8)14)2-4-10(13)7-12/h3,5-6,12,14H,2,4,7H2,1H3. The summed E-state index contributed by atoms with van der Waals surface area (Å²) in [4.78, 5) is 10.8. The summed E-state index contributed by atoms with van der Waals surface area (Å²) < 4.78 is 0. The van der Waals surface area contributed by atoms with E-state index in [4.69, 9.17) is 5.11 Å². The summed E-state index contributed by atoms with van der Waals surface area (Å²) in [5.74, 6) is 0.109. The molecule has 0 heterocycles. The molecule has 0 saturated heterocycles. The van der Waals surface area contributed by atoms with Gasteiger partial charge in [-0.1, -0.05) is 12.1 Å². The molecule has 1 rings (SSSR count). The highest BCUT2D eigenvalue weighted by Crippen LogP contribution is 2.17. The van der Waals surface area contributed by atoms with Crippen molar-refractivity contribution in [3.8, 4) is 5.75 Å². The zero-order valence-electron chi connectivity index (χ0n) is 8.16. The van der Waals surface area contributed by atoms with Crippen LogP contribution in [-0.2, 0) is 11.2 Å². The number of aryl methyl sites for hydroxylation is 2. The average molecular weight is 194 g/mol. The van der Waals surface area contributed by atoms with Gasteiger partial charge in [0.2, 0.25) is 0 Å². The van der Waals surface area contributed by atoms with E-state index in [0.29, 0.717) is 12.8 Å². The van der Waals surface area contributed by atoms with Crippen molar-refractivity contribution in [3.63, 3.8) is 0 Å². The van der Waals surface area contributed by atoms with Gasteiger partial charge in [-0.2, -0.15) is 0 Å². The van der Waals surface area contributed by atoms with Crippen molar-refractivity contribution >= 4 is 5.78 Å². The summed E-state index contributed by atoms with van der Waals surface area (Å²) >= 11 is 0. The fourth-order valence-electron chi connectivity index (χ4n) is 1.24. The molecule has 1 aromatic carbocycles. The lowest BCUT2D eigenvalue weighted by Gasteiger charge is -2.03. The lowest BCUT2D eigenvalue weighted by molar-refractivity contribution is -0.121. The second-order valence-corrected chi connectivity index (χ2v) is 3.32. The summed E-state index contributed by atoms with van der Waals surface area (Å²) in [6, 6.07) is 5.25. The molecule has 76 valence electrons. The Hall–Kier alpha value is -1.35. The number of hydrogen-bond acceptors (Lipinski definition) is 3. The van der Waals surface area contributed by atoms with E-state index >= 15 is 0 Å². The molecular weight excluding hydrogens is 180 g/mol. The molecule has 0 radical (unpaired) electrons. The molecule has 0 atom stereocenters. The highest BCUT2D eigenvalue weighted by Gasteiger charge is 2.02. The van der Waals surface area contributed by atoms with Gasteiger partial charge in [0.25, 0.3) is 0 Å². The van der Waals surface area contributed by atoms with Crippen molar-refractivity contribution in [3.05, 3.63) is 29.3 Å². The number of aromatic hydroxyl groups is 1. The molecule has 0 aliphatic rings. The fourth-order valence-corrected chi connectivity index (χ4v) is 1.24. The summed E-state index contributed by atoms with van der Waals surface area (Å²) in [6.07, 6.45) is 0.960. The maximum Gasteiger partial charge on any atom is 0.158 e. The Morgan fingerprint density at radius 1 is 1.43 bits per heavy atom. The molecule has 0 aliphatic carbocycles. The normalized spacial score (nSPS) is 10.1. The van der Waals surface area contributed by atoms with Crippen LogP contribution >= 0.6 is 0 Å². The highest BCUT2D eigenvalue weighted by molar-refractivity contribution is 5.79. The minimum atomic E-state index is -0.392. The second kappa shape index (κ2) is 4.77. The SMILES string of the molecule is Cc1cc(CCC(=O)CO)ccc1O. The minimum absolute atomic E-state index is 0.157. The van der Waals surface area contributed by atoms with Crippen LogP contribution in [0.5, 0.6) is 5.75 Å². The number of carbonyl (C=O) groups excluding carboxylic acids is 1. The van der Waals surface area contributed by atoms with Gasteiger partial charge in [0.1, 0.15) is 12.4 Å². The molecule has 0 bridgehead atoms. The third-order valence-corrected chi connectivity index (χ3v) is 2.13. The number of phenols is 1. The Bertz CT molecular complexity index is 331. The van der Waals surface area contributed by atoms with Crippen LogP contribution in [0.15, 0.2) is 18.2 Å². The van der Waals surface area contributed by atoms with E-state index in [-0.39, 0.29) is 11.5 Å². The van der Waals surface area contributed by atoms with Crippen molar-refractivity contribution in [1.82, 2.24) is 0 Å². The maximum absolute atomic E-state index is 10.8. The van der Waals surface area contributed by atoms with Crippen LogP contribution in [0, 0.1) is 6.92 Å². The first-order chi connectivity index (χ1) is 6.63. The van der Waals surface area contributed by atoms with Crippen molar-refractivity contribution < 1.29 is 15.0 Å². The van der Waals surface area contributed by atoms with Gasteiger partial charge in [0.15, 0.2) is 5.78 Å². The number of ketones is 1. The van der Waals surface area contributed by atoms with Gasteiger partial charge >= 0.3 is 0 Å². The number of aliphatic hydroxyl groups excluding tert-OH is 1. The molecule has 1 aromatic rings. The van der Waals surface area contributed by atoms with Gasteiger partial charge in [0.05, 0.1) is 0 Å². The third kappa shape index (κ3) is 2.85. The molecular formula is C11H14O3. The lowest BCUT2D eigenvalue weighted by Crippen LogP contribution is -2.04. The molecule has 0 aromatic heterocycles. The van der Waals surface area contributed by atoms with E-state index in [0.717, 1.165) is 11.1 Å². The average Bonchev–Trinajstić information content (AvgIpc) is 2.19. The number of benzene rings is 1. The lowest BCUT2D eigenvalue weighted by atomic mass is 10.0. The number of aliphatic hydroxyl groups is 1. The molecule has 3 nitrogen and oxygen atoms in total. The molecule has 0 spiro atoms. The van der Waals surface area contributed by atoms with Crippen LogP contribution in [-0.4, -0.2) is 22.6 Å². The first-order valence-electron chi connectivity index (χ1n) is 4.54. The maximum atomic E-state index is 10.8. The molecule has 14 heavy (non-hydrogen) atoms. The van der Waals surface area contributed by atoms with Crippen molar-refractivity contribution in [1.29, 1.82) is 0 Å². The Labute approximate surface area is 83.0 Å². The van der Waals surface area contributed by atoms with Crippen LogP contribution in [0.2, 0.25) is 0 Å². The number of rotatable bonds is 4. The van der Waals surface area contributed by atoms with Gasteiger partial charge in [-0.15, -0.1) is 0 Å². The molecule has 0 fully saturated rings. The van der Waals surface area contributed by atoms with Crippen molar-refractivity contribution in [2.24, 2.45) is 0 Å². The summed E-state index contributed by atoms with van der Waals surface area (Å²) in [5.41, 5.74) is 1.81. The summed E-state index contributed by atoms with van der Waals surface area (Å²) in [5, 5.41) is 17.8. The number of carbonyl (C=O) groups is 1. The minimum Gasteiger partial charge on any atom is -0.508 e. The van der Waals surface area contributed by atoms with E-state index in [2.05, 4.69) is 0 Å². The summed E-state index contributed by atoms with van der Waals surface area (Å²) in [6.45, 7) is 1.42.